The molecule has 1 saturated carbocycles. The zero-order chi connectivity index (χ0) is 30.0. The molecule has 0 bridgehead atoms. The van der Waals surface area contributed by atoms with Crippen LogP contribution in [0.1, 0.15) is 68.4 Å². The summed E-state index contributed by atoms with van der Waals surface area (Å²) in [5.74, 6) is -1.26. The second-order valence-electron chi connectivity index (χ2n) is 10.9. The fraction of sp³-hybridized carbons (Fsp3) is 0.452. The summed E-state index contributed by atoms with van der Waals surface area (Å²) in [5, 5.41) is 23.1. The van der Waals surface area contributed by atoms with Gasteiger partial charge in [0.25, 0.3) is 5.91 Å². The molecule has 0 aliphatic heterocycles. The molecule has 4 rings (SSSR count). The van der Waals surface area contributed by atoms with Gasteiger partial charge in [0, 0.05) is 13.0 Å². The molecule has 1 aromatic heterocycles. The number of hydrogen-bond acceptors (Lipinski definition) is 9. The highest BCUT2D eigenvalue weighted by Gasteiger charge is 2.39. The van der Waals surface area contributed by atoms with E-state index >= 15 is 0 Å². The molecule has 1 fully saturated rings. The fourth-order valence-corrected chi connectivity index (χ4v) is 5.05. The van der Waals surface area contributed by atoms with Crippen LogP contribution in [-0.4, -0.2) is 63.6 Å². The summed E-state index contributed by atoms with van der Waals surface area (Å²) in [4.78, 5) is 38.3. The van der Waals surface area contributed by atoms with E-state index in [0.717, 1.165) is 48.8 Å². The zero-order valence-electron chi connectivity index (χ0n) is 24.0. The van der Waals surface area contributed by atoms with E-state index in [1.54, 1.807) is 0 Å². The monoisotopic (exact) mass is 578 g/mol. The van der Waals surface area contributed by atoms with Gasteiger partial charge in [0.15, 0.2) is 5.69 Å². The lowest BCUT2D eigenvalue weighted by Gasteiger charge is -2.31. The molecule has 1 aliphatic rings. The minimum absolute atomic E-state index is 0.0333. The molecule has 3 aromatic rings. The number of H-pyrrole nitrogens is 1. The first kappa shape index (κ1) is 30.7. The number of aliphatic hydroxyl groups excluding tert-OH is 1. The second kappa shape index (κ2) is 14.6. The van der Waals surface area contributed by atoms with Crippen molar-refractivity contribution in [1.29, 1.82) is 0 Å². The fourth-order valence-electron chi connectivity index (χ4n) is 5.05. The summed E-state index contributed by atoms with van der Waals surface area (Å²) in [5.41, 5.74) is 1.70. The van der Waals surface area contributed by atoms with Crippen LogP contribution >= 0.6 is 0 Å². The van der Waals surface area contributed by atoms with Crippen LogP contribution < -0.4 is 5.32 Å². The summed E-state index contributed by atoms with van der Waals surface area (Å²) >= 11 is 0. The summed E-state index contributed by atoms with van der Waals surface area (Å²) in [7, 11) is 0. The van der Waals surface area contributed by atoms with Gasteiger partial charge in [-0.2, -0.15) is 15.4 Å². The topological polar surface area (TPSA) is 153 Å². The molecule has 1 heterocycles. The van der Waals surface area contributed by atoms with Crippen molar-refractivity contribution in [3.63, 3.8) is 0 Å². The quantitative estimate of drug-likeness (QED) is 0.207. The molecular formula is C31H38N4O7. The molecule has 0 radical (unpaired) electrons. The van der Waals surface area contributed by atoms with Crippen molar-refractivity contribution < 1.29 is 33.7 Å². The second-order valence-corrected chi connectivity index (χ2v) is 10.9. The van der Waals surface area contributed by atoms with Crippen molar-refractivity contribution in [2.24, 2.45) is 5.41 Å². The first-order valence-electron chi connectivity index (χ1n) is 14.3. The van der Waals surface area contributed by atoms with Crippen molar-refractivity contribution in [3.05, 3.63) is 72.1 Å². The minimum Gasteiger partial charge on any atom is -0.431 e. The molecule has 1 amide bonds. The van der Waals surface area contributed by atoms with Gasteiger partial charge >= 0.3 is 12.1 Å². The van der Waals surface area contributed by atoms with E-state index in [4.69, 9.17) is 14.2 Å². The van der Waals surface area contributed by atoms with Crippen LogP contribution in [0.25, 0.3) is 11.1 Å². The van der Waals surface area contributed by atoms with Crippen LogP contribution in [0.5, 0.6) is 0 Å². The normalized spacial score (nSPS) is 16.5. The molecule has 0 spiro atoms. The van der Waals surface area contributed by atoms with Crippen LogP contribution in [0.15, 0.2) is 60.8 Å². The van der Waals surface area contributed by atoms with Crippen LogP contribution in [0.4, 0.5) is 4.79 Å². The molecular weight excluding hydrogens is 540 g/mol. The SMILES string of the molecule is C[C@@H](OC(=O)OC1CCCCC1)OC(=O)[C@](C)(CO)C[C@@H](Cc1ccc(-c2ccccc2)cc1)NC(=O)c1cn[nH]n1. The highest BCUT2D eigenvalue weighted by atomic mass is 16.8. The number of benzene rings is 2. The Bertz CT molecular complexity index is 1290. The molecule has 11 nitrogen and oxygen atoms in total. The van der Waals surface area contributed by atoms with Gasteiger partial charge in [0.2, 0.25) is 6.29 Å². The molecule has 3 N–H and O–H groups in total. The lowest BCUT2D eigenvalue weighted by molar-refractivity contribution is -0.183. The minimum atomic E-state index is -1.42. The number of aliphatic hydroxyl groups is 1. The number of amides is 1. The van der Waals surface area contributed by atoms with E-state index in [1.807, 2.05) is 54.6 Å². The van der Waals surface area contributed by atoms with Crippen molar-refractivity contribution in [2.75, 3.05) is 6.61 Å². The van der Waals surface area contributed by atoms with E-state index in [-0.39, 0.29) is 18.2 Å². The van der Waals surface area contributed by atoms with Crippen molar-refractivity contribution in [1.82, 2.24) is 20.7 Å². The first-order chi connectivity index (χ1) is 20.3. The van der Waals surface area contributed by atoms with Gasteiger partial charge in [-0.05, 0) is 62.1 Å². The molecule has 2 aromatic carbocycles. The largest absolute Gasteiger partial charge is 0.511 e. The number of aromatic nitrogens is 3. The highest BCUT2D eigenvalue weighted by Crippen LogP contribution is 2.28. The average molecular weight is 579 g/mol. The molecule has 0 unspecified atom stereocenters. The van der Waals surface area contributed by atoms with Crippen LogP contribution in [0.2, 0.25) is 0 Å². The van der Waals surface area contributed by atoms with Crippen LogP contribution in [0, 0.1) is 5.41 Å². The number of carbonyl (C=O) groups is 3. The van der Waals surface area contributed by atoms with Gasteiger partial charge in [0.1, 0.15) is 6.10 Å². The third-order valence-electron chi connectivity index (χ3n) is 7.42. The van der Waals surface area contributed by atoms with E-state index in [9.17, 15) is 19.5 Å². The van der Waals surface area contributed by atoms with Crippen molar-refractivity contribution >= 4 is 18.0 Å². The number of nitrogens with one attached hydrogen (secondary N) is 2. The first-order valence-corrected chi connectivity index (χ1v) is 14.3. The maximum absolute atomic E-state index is 13.2. The van der Waals surface area contributed by atoms with Gasteiger partial charge in [-0.1, -0.05) is 61.0 Å². The molecule has 224 valence electrons. The zero-order valence-corrected chi connectivity index (χ0v) is 24.0. The summed E-state index contributed by atoms with van der Waals surface area (Å²) in [6, 6.07) is 17.3. The molecule has 1 aliphatic carbocycles. The van der Waals surface area contributed by atoms with E-state index in [2.05, 4.69) is 20.7 Å². The summed E-state index contributed by atoms with van der Waals surface area (Å²) < 4.78 is 15.9. The Kier molecular flexibility index (Phi) is 10.7. The van der Waals surface area contributed by atoms with Gasteiger partial charge in [-0.3, -0.25) is 9.59 Å². The molecule has 3 atom stereocenters. The molecule has 11 heteroatoms. The molecule has 42 heavy (non-hydrogen) atoms. The number of rotatable bonds is 12. The number of esters is 1. The Morgan fingerprint density at radius 1 is 1.02 bits per heavy atom. The Morgan fingerprint density at radius 3 is 2.36 bits per heavy atom. The number of carbonyl (C=O) groups excluding carboxylic acids is 3. The highest BCUT2D eigenvalue weighted by molar-refractivity contribution is 5.92. The van der Waals surface area contributed by atoms with Gasteiger partial charge in [0.05, 0.1) is 18.2 Å². The predicted octanol–water partition coefficient (Wildman–Crippen LogP) is 4.58. The lowest BCUT2D eigenvalue weighted by atomic mass is 9.82. The number of aromatic amines is 1. The van der Waals surface area contributed by atoms with Crippen molar-refractivity contribution in [3.8, 4) is 11.1 Å². The van der Waals surface area contributed by atoms with E-state index in [1.165, 1.54) is 20.0 Å². The number of hydrogen-bond donors (Lipinski definition) is 3. The Labute approximate surface area is 244 Å². The summed E-state index contributed by atoms with van der Waals surface area (Å²) in [6.07, 6.45) is 4.02. The third-order valence-corrected chi connectivity index (χ3v) is 7.42. The smallest absolute Gasteiger partial charge is 0.431 e. The standard InChI is InChI=1S/C31H38N4O7/c1-21(41-30(39)42-26-11-7-4-8-12-26)40-29(38)31(2,20-36)18-25(33-28(37)27-19-32-35-34-27)17-22-13-15-24(16-14-22)23-9-5-3-6-10-23/h3,5-6,9-10,13-16,19,21,25-26,36H,4,7-8,11-12,17-18,20H2,1-2H3,(H,33,37)(H,32,34,35)/t21-,25-,31+/m1/s1. The maximum atomic E-state index is 13.2. The van der Waals surface area contributed by atoms with E-state index in [0.29, 0.717) is 6.42 Å². The Balaban J connectivity index is 1.42. The van der Waals surface area contributed by atoms with Crippen molar-refractivity contribution in [2.45, 2.75) is 77.2 Å². The average Bonchev–Trinajstić information content (AvgIpc) is 3.54. The van der Waals surface area contributed by atoms with Gasteiger partial charge < -0.3 is 24.6 Å². The predicted molar refractivity (Wildman–Crippen MR) is 153 cm³/mol. The van der Waals surface area contributed by atoms with Crippen LogP contribution in [-0.2, 0) is 25.4 Å². The van der Waals surface area contributed by atoms with Gasteiger partial charge in [-0.15, -0.1) is 0 Å². The maximum Gasteiger partial charge on any atom is 0.511 e. The van der Waals surface area contributed by atoms with Gasteiger partial charge in [-0.25, -0.2) is 4.79 Å². The summed E-state index contributed by atoms with van der Waals surface area (Å²) in [6.45, 7) is 2.39. The lowest BCUT2D eigenvalue weighted by Crippen LogP contribution is -2.45. The molecule has 0 saturated heterocycles. The van der Waals surface area contributed by atoms with Crippen LogP contribution in [0.3, 0.4) is 0 Å². The Morgan fingerprint density at radius 2 is 1.71 bits per heavy atom. The Hall–Kier alpha value is -4.25. The number of nitrogens with zero attached hydrogens (tertiary/aromatic N) is 2. The number of ether oxygens (including phenoxy) is 3. The van der Waals surface area contributed by atoms with E-state index < -0.39 is 42.4 Å². The third kappa shape index (κ3) is 8.62.